The van der Waals surface area contributed by atoms with Gasteiger partial charge < -0.3 is 9.64 Å². The van der Waals surface area contributed by atoms with Crippen molar-refractivity contribution in [2.24, 2.45) is 5.92 Å². The minimum Gasteiger partial charge on any atom is -0.497 e. The van der Waals surface area contributed by atoms with Crippen LogP contribution < -0.4 is 10.1 Å². The van der Waals surface area contributed by atoms with Gasteiger partial charge in [-0.1, -0.05) is 12.1 Å². The Morgan fingerprint density at radius 1 is 1.20 bits per heavy atom. The average molecular weight is 344 g/mol. The Hall–Kier alpha value is -2.37. The maximum Gasteiger partial charge on any atom is 0.230 e. The Morgan fingerprint density at radius 3 is 2.44 bits per heavy atom. The van der Waals surface area contributed by atoms with Crippen molar-refractivity contribution < 1.29 is 19.1 Å². The summed E-state index contributed by atoms with van der Waals surface area (Å²) in [5, 5.41) is 2.29. The zero-order valence-corrected chi connectivity index (χ0v) is 14.5. The minimum absolute atomic E-state index is 0.0836. The van der Waals surface area contributed by atoms with Crippen molar-refractivity contribution in [1.29, 1.82) is 0 Å². The number of benzene rings is 1. The number of nitrogens with one attached hydrogen (secondary N) is 1. The largest absolute Gasteiger partial charge is 0.497 e. The lowest BCUT2D eigenvalue weighted by Crippen LogP contribution is -2.38. The normalized spacial score (nSPS) is 21.3. The molecule has 6 heteroatoms. The van der Waals surface area contributed by atoms with Gasteiger partial charge in [0.25, 0.3) is 0 Å². The molecule has 3 rings (SSSR count). The summed E-state index contributed by atoms with van der Waals surface area (Å²) in [6, 6.07) is 8.13. The fourth-order valence-electron chi connectivity index (χ4n) is 3.63. The van der Waals surface area contributed by atoms with Crippen LogP contribution in [0.2, 0.25) is 0 Å². The summed E-state index contributed by atoms with van der Waals surface area (Å²) in [5.74, 6) is 0.589. The van der Waals surface area contributed by atoms with Crippen molar-refractivity contribution in [2.75, 3.05) is 20.2 Å². The van der Waals surface area contributed by atoms with Crippen LogP contribution in [0.3, 0.4) is 0 Å². The Kier molecular flexibility index (Phi) is 5.36. The highest BCUT2D eigenvalue weighted by Gasteiger charge is 2.31. The fourth-order valence-corrected chi connectivity index (χ4v) is 3.63. The fraction of sp³-hybridized carbons (Fsp3) is 0.526. The van der Waals surface area contributed by atoms with Crippen LogP contribution in [0.4, 0.5) is 0 Å². The minimum atomic E-state index is -0.340. The van der Waals surface area contributed by atoms with E-state index in [9.17, 15) is 14.4 Å². The summed E-state index contributed by atoms with van der Waals surface area (Å²) >= 11 is 0. The molecule has 1 atom stereocenters. The van der Waals surface area contributed by atoms with Crippen molar-refractivity contribution in [1.82, 2.24) is 10.2 Å². The van der Waals surface area contributed by atoms with Gasteiger partial charge >= 0.3 is 0 Å². The van der Waals surface area contributed by atoms with E-state index in [1.807, 2.05) is 17.0 Å². The van der Waals surface area contributed by atoms with Gasteiger partial charge in [0.1, 0.15) is 5.75 Å². The molecule has 0 unspecified atom stereocenters. The van der Waals surface area contributed by atoms with E-state index in [1.54, 1.807) is 7.11 Å². The second-order valence-corrected chi connectivity index (χ2v) is 6.78. The number of amides is 3. The van der Waals surface area contributed by atoms with Crippen LogP contribution in [-0.4, -0.2) is 42.8 Å². The van der Waals surface area contributed by atoms with Crippen molar-refractivity contribution in [3.8, 4) is 5.75 Å². The van der Waals surface area contributed by atoms with E-state index >= 15 is 0 Å². The molecule has 2 saturated heterocycles. The number of methoxy groups -OCH3 is 1. The summed E-state index contributed by atoms with van der Waals surface area (Å²) in [5.41, 5.74) is 1.29. The lowest BCUT2D eigenvalue weighted by Gasteiger charge is -2.32. The van der Waals surface area contributed by atoms with E-state index in [0.29, 0.717) is 18.8 Å². The maximum atomic E-state index is 12.4. The number of carbonyl (C=O) groups is 3. The second kappa shape index (κ2) is 7.68. The number of hydrogen-bond acceptors (Lipinski definition) is 4. The Balaban J connectivity index is 1.45. The van der Waals surface area contributed by atoms with Gasteiger partial charge in [-0.3, -0.25) is 19.7 Å². The summed E-state index contributed by atoms with van der Waals surface area (Å²) in [7, 11) is 1.66. The molecule has 3 amide bonds. The van der Waals surface area contributed by atoms with Gasteiger partial charge in [0, 0.05) is 31.8 Å². The molecule has 2 aliphatic heterocycles. The van der Waals surface area contributed by atoms with Gasteiger partial charge in [-0.05, 0) is 42.9 Å². The molecule has 1 aromatic carbocycles. The Labute approximate surface area is 147 Å². The van der Waals surface area contributed by atoms with Crippen LogP contribution in [0.25, 0.3) is 0 Å². The topological polar surface area (TPSA) is 75.7 Å². The predicted molar refractivity (Wildman–Crippen MR) is 92.0 cm³/mol. The van der Waals surface area contributed by atoms with Crippen molar-refractivity contribution in [3.63, 3.8) is 0 Å². The highest BCUT2D eigenvalue weighted by atomic mass is 16.5. The van der Waals surface area contributed by atoms with E-state index < -0.39 is 0 Å². The summed E-state index contributed by atoms with van der Waals surface area (Å²) in [6.07, 6.45) is 2.89. The molecular formula is C19H24N2O4. The van der Waals surface area contributed by atoms with Crippen LogP contribution in [0.1, 0.15) is 43.6 Å². The number of ether oxygens (including phenoxy) is 1. The maximum absolute atomic E-state index is 12.4. The Bertz CT molecular complexity index is 648. The molecule has 1 aromatic rings. The third-order valence-electron chi connectivity index (χ3n) is 5.21. The van der Waals surface area contributed by atoms with Crippen LogP contribution >= 0.6 is 0 Å². The number of rotatable bonds is 5. The number of piperidine rings is 1. The first-order valence-electron chi connectivity index (χ1n) is 8.82. The molecule has 0 aromatic heterocycles. The second-order valence-electron chi connectivity index (χ2n) is 6.78. The molecule has 134 valence electrons. The van der Waals surface area contributed by atoms with Crippen LogP contribution in [-0.2, 0) is 14.4 Å². The average Bonchev–Trinajstić information content (AvgIpc) is 2.97. The van der Waals surface area contributed by atoms with Gasteiger partial charge in [-0.15, -0.1) is 0 Å². The molecule has 1 N–H and O–H groups in total. The number of nitrogens with zero attached hydrogens (tertiary/aromatic N) is 1. The van der Waals surface area contributed by atoms with E-state index in [2.05, 4.69) is 17.4 Å². The number of hydrogen-bond donors (Lipinski definition) is 1. The first kappa shape index (κ1) is 17.5. The summed E-state index contributed by atoms with van der Waals surface area (Å²) < 4.78 is 5.19. The van der Waals surface area contributed by atoms with Gasteiger partial charge in [0.15, 0.2) is 0 Å². The number of imide groups is 1. The first-order valence-corrected chi connectivity index (χ1v) is 8.82. The summed E-state index contributed by atoms with van der Waals surface area (Å²) in [6.45, 7) is 1.48. The molecule has 0 spiro atoms. The molecule has 25 heavy (non-hydrogen) atoms. The number of likely N-dealkylation sites (tertiary alicyclic amines) is 1. The molecule has 0 bridgehead atoms. The molecule has 0 radical (unpaired) electrons. The molecule has 2 fully saturated rings. The van der Waals surface area contributed by atoms with Crippen molar-refractivity contribution in [3.05, 3.63) is 29.8 Å². The first-order chi connectivity index (χ1) is 12.1. The smallest absolute Gasteiger partial charge is 0.230 e. The quantitative estimate of drug-likeness (QED) is 0.827. The zero-order chi connectivity index (χ0) is 17.8. The van der Waals surface area contributed by atoms with Gasteiger partial charge in [0.2, 0.25) is 17.7 Å². The number of carbonyl (C=O) groups excluding carboxylic acids is 3. The summed E-state index contributed by atoms with van der Waals surface area (Å²) in [4.78, 5) is 37.0. The van der Waals surface area contributed by atoms with Crippen LogP contribution in [0, 0.1) is 5.92 Å². The third-order valence-corrected chi connectivity index (χ3v) is 5.21. The van der Waals surface area contributed by atoms with Crippen molar-refractivity contribution >= 4 is 17.7 Å². The van der Waals surface area contributed by atoms with Gasteiger partial charge in [-0.2, -0.15) is 0 Å². The molecule has 2 heterocycles. The standard InChI is InChI=1S/C19H24N2O4/c1-25-16-5-2-13(3-6-16)14-8-10-21(11-9-14)18(23)7-4-15-12-17(22)20-19(15)24/h2-3,5-6,14-15H,4,7-12H2,1H3,(H,20,22,24)/t15-/m0/s1. The highest BCUT2D eigenvalue weighted by molar-refractivity contribution is 6.03. The molecule has 6 nitrogen and oxygen atoms in total. The molecule has 0 saturated carbocycles. The van der Waals surface area contributed by atoms with Crippen LogP contribution in [0.15, 0.2) is 24.3 Å². The Morgan fingerprint density at radius 2 is 1.88 bits per heavy atom. The molecular weight excluding hydrogens is 320 g/mol. The van der Waals surface area contributed by atoms with Gasteiger partial charge in [0.05, 0.1) is 7.11 Å². The van der Waals surface area contributed by atoms with Gasteiger partial charge in [-0.25, -0.2) is 0 Å². The highest BCUT2D eigenvalue weighted by Crippen LogP contribution is 2.29. The lowest BCUT2D eigenvalue weighted by atomic mass is 9.89. The molecule has 2 aliphatic rings. The zero-order valence-electron chi connectivity index (χ0n) is 14.5. The van der Waals surface area contributed by atoms with E-state index in [-0.39, 0.29) is 30.1 Å². The van der Waals surface area contributed by atoms with E-state index in [0.717, 1.165) is 31.7 Å². The SMILES string of the molecule is COc1ccc(C2CCN(C(=O)CC[C@H]3CC(=O)NC3=O)CC2)cc1. The lowest BCUT2D eigenvalue weighted by molar-refractivity contribution is -0.132. The third kappa shape index (κ3) is 4.18. The van der Waals surface area contributed by atoms with Crippen LogP contribution in [0.5, 0.6) is 5.75 Å². The predicted octanol–water partition coefficient (Wildman–Crippen LogP) is 1.84. The van der Waals surface area contributed by atoms with E-state index in [4.69, 9.17) is 4.74 Å². The molecule has 0 aliphatic carbocycles. The van der Waals surface area contributed by atoms with Crippen molar-refractivity contribution in [2.45, 2.75) is 38.0 Å². The monoisotopic (exact) mass is 344 g/mol. The van der Waals surface area contributed by atoms with E-state index in [1.165, 1.54) is 5.56 Å².